The molecule has 0 saturated carbocycles. The monoisotopic (exact) mass is 323 g/mol. The van der Waals surface area contributed by atoms with Crippen LogP contribution in [0.4, 0.5) is 5.69 Å². The molecule has 1 amide bonds. The fourth-order valence-corrected chi connectivity index (χ4v) is 2.56. The molecule has 2 aromatic rings. The number of nitrogens with zero attached hydrogens (tertiary/aromatic N) is 2. The highest BCUT2D eigenvalue weighted by Crippen LogP contribution is 2.28. The van der Waals surface area contributed by atoms with Crippen molar-refractivity contribution in [1.29, 1.82) is 0 Å². The third-order valence-electron chi connectivity index (χ3n) is 2.82. The van der Waals surface area contributed by atoms with Crippen LogP contribution in [0.2, 0.25) is 0 Å². The molecule has 22 heavy (non-hydrogen) atoms. The van der Waals surface area contributed by atoms with Gasteiger partial charge in [0.15, 0.2) is 13.0 Å². The zero-order valence-electron chi connectivity index (χ0n) is 12.5. The van der Waals surface area contributed by atoms with Gasteiger partial charge in [0.2, 0.25) is 5.91 Å². The largest absolute Gasteiger partial charge is 0.538 e. The van der Waals surface area contributed by atoms with Gasteiger partial charge in [0.05, 0.1) is 22.8 Å². The number of aryl methyl sites for hydroxylation is 1. The van der Waals surface area contributed by atoms with E-state index in [2.05, 4.69) is 15.1 Å². The number of hydrogen-bond donors (Lipinski definition) is 1. The lowest BCUT2D eigenvalue weighted by molar-refractivity contribution is -0.772. The summed E-state index contributed by atoms with van der Waals surface area (Å²) in [5.74, 6) is -0.185. The van der Waals surface area contributed by atoms with Crippen LogP contribution in [0.15, 0.2) is 33.8 Å². The fraction of sp³-hybridized carbons (Fsp3) is 0.357. The Morgan fingerprint density at radius 2 is 2.27 bits per heavy atom. The predicted molar refractivity (Wildman–Crippen MR) is 78.7 cm³/mol. The van der Waals surface area contributed by atoms with E-state index in [1.54, 1.807) is 26.1 Å². The van der Waals surface area contributed by atoms with Gasteiger partial charge in [-0.15, -0.1) is 0 Å². The molecular formula is C14H17N3O4S. The molecule has 1 heterocycles. The fourth-order valence-electron chi connectivity index (χ4n) is 1.74. The van der Waals surface area contributed by atoms with Gasteiger partial charge in [-0.1, -0.05) is 16.8 Å². The molecule has 1 atom stereocenters. The molecule has 0 spiro atoms. The van der Waals surface area contributed by atoms with E-state index in [4.69, 9.17) is 4.74 Å². The Morgan fingerprint density at radius 1 is 1.55 bits per heavy atom. The lowest BCUT2D eigenvalue weighted by Crippen LogP contribution is -2.33. The van der Waals surface area contributed by atoms with E-state index in [1.807, 2.05) is 19.1 Å². The average Bonchev–Trinajstić information content (AvgIpc) is 2.81. The van der Waals surface area contributed by atoms with Crippen LogP contribution < -0.4 is 19.8 Å². The van der Waals surface area contributed by atoms with Gasteiger partial charge in [-0.2, -0.15) is 0 Å². The van der Waals surface area contributed by atoms with E-state index >= 15 is 0 Å². The molecule has 0 fully saturated rings. The molecule has 0 aliphatic rings. The maximum Gasteiger partial charge on any atom is 0.291 e. The number of carbonyl (C=O) groups is 1. The molecule has 118 valence electrons. The number of rotatable bonds is 6. The topological polar surface area (TPSA) is 91.3 Å². The highest BCUT2D eigenvalue weighted by molar-refractivity contribution is 8.00. The van der Waals surface area contributed by atoms with Gasteiger partial charge in [0, 0.05) is 0 Å². The molecule has 8 heteroatoms. The summed E-state index contributed by atoms with van der Waals surface area (Å²) in [6.07, 6.45) is 0. The summed E-state index contributed by atoms with van der Waals surface area (Å²) in [7, 11) is 1.59. The van der Waals surface area contributed by atoms with Crippen molar-refractivity contribution in [2.75, 3.05) is 11.9 Å². The summed E-state index contributed by atoms with van der Waals surface area (Å²) < 4.78 is 11.3. The van der Waals surface area contributed by atoms with Gasteiger partial charge in [-0.25, -0.2) is 0 Å². The third kappa shape index (κ3) is 3.70. The van der Waals surface area contributed by atoms with Gasteiger partial charge in [0.25, 0.3) is 5.03 Å². The van der Waals surface area contributed by atoms with Crippen molar-refractivity contribution < 1.29 is 23.8 Å². The molecule has 2 rings (SSSR count). The highest BCUT2D eigenvalue weighted by atomic mass is 32.2. The smallest absolute Gasteiger partial charge is 0.291 e. The number of thioether (sulfide) groups is 1. The third-order valence-corrected chi connectivity index (χ3v) is 4.04. The molecule has 7 nitrogen and oxygen atoms in total. The van der Waals surface area contributed by atoms with Crippen LogP contribution >= 0.6 is 11.8 Å². The molecule has 1 unspecified atom stereocenters. The molecular weight excluding hydrogens is 306 g/mol. The van der Waals surface area contributed by atoms with Gasteiger partial charge >= 0.3 is 0 Å². The summed E-state index contributed by atoms with van der Waals surface area (Å²) in [4.78, 5) is 12.3. The van der Waals surface area contributed by atoms with E-state index < -0.39 is 11.2 Å². The number of amides is 1. The number of para-hydroxylation sites is 2. The highest BCUT2D eigenvalue weighted by Gasteiger charge is 2.23. The summed E-state index contributed by atoms with van der Waals surface area (Å²) in [5, 5.41) is 17.6. The van der Waals surface area contributed by atoms with Crippen molar-refractivity contribution in [2.24, 2.45) is 7.05 Å². The van der Waals surface area contributed by atoms with E-state index in [1.165, 1.54) is 4.68 Å². The molecule has 1 aromatic carbocycles. The zero-order chi connectivity index (χ0) is 16.1. The maximum absolute atomic E-state index is 12.3. The zero-order valence-corrected chi connectivity index (χ0v) is 13.3. The second-order valence-electron chi connectivity index (χ2n) is 4.47. The SMILES string of the molecule is CCOc1ccccc1NC(=O)C(C)Sc1c([O-])on[n+]1C. The normalized spacial score (nSPS) is 12.0. The quantitative estimate of drug-likeness (QED) is 0.632. The van der Waals surface area contributed by atoms with Crippen molar-refractivity contribution in [2.45, 2.75) is 24.1 Å². The number of benzene rings is 1. The lowest BCUT2D eigenvalue weighted by atomic mass is 10.3. The van der Waals surface area contributed by atoms with Crippen LogP contribution in [0.1, 0.15) is 13.8 Å². The predicted octanol–water partition coefficient (Wildman–Crippen LogP) is 1.09. The van der Waals surface area contributed by atoms with E-state index in [0.29, 0.717) is 18.0 Å². The number of ether oxygens (including phenoxy) is 1. The minimum Gasteiger partial charge on any atom is -0.538 e. The van der Waals surface area contributed by atoms with Crippen molar-refractivity contribution in [3.8, 4) is 11.7 Å². The van der Waals surface area contributed by atoms with E-state index in [9.17, 15) is 9.90 Å². The molecule has 0 aliphatic carbocycles. The maximum atomic E-state index is 12.3. The van der Waals surface area contributed by atoms with Crippen molar-refractivity contribution >= 4 is 23.4 Å². The molecule has 0 aliphatic heterocycles. The Hall–Kier alpha value is -2.22. The number of anilines is 1. The number of aromatic nitrogens is 2. The van der Waals surface area contributed by atoms with Gasteiger partial charge in [-0.05, 0) is 37.7 Å². The Morgan fingerprint density at radius 3 is 2.91 bits per heavy atom. The molecule has 0 saturated heterocycles. The van der Waals surface area contributed by atoms with Gasteiger partial charge in [0.1, 0.15) is 5.75 Å². The number of hydrogen-bond acceptors (Lipinski definition) is 6. The minimum atomic E-state index is -0.554. The Bertz CT molecular complexity index is 640. The summed E-state index contributed by atoms with van der Waals surface area (Å²) in [6.45, 7) is 4.09. The van der Waals surface area contributed by atoms with Crippen LogP contribution in [0.3, 0.4) is 0 Å². The first-order chi connectivity index (χ1) is 10.5. The van der Waals surface area contributed by atoms with Crippen LogP contribution in [-0.2, 0) is 11.8 Å². The Kier molecular flexibility index (Phi) is 5.26. The first-order valence-electron chi connectivity index (χ1n) is 6.75. The second-order valence-corrected chi connectivity index (χ2v) is 5.80. The van der Waals surface area contributed by atoms with Crippen molar-refractivity contribution in [3.05, 3.63) is 24.3 Å². The van der Waals surface area contributed by atoms with Gasteiger partial charge in [-0.3, -0.25) is 4.79 Å². The first-order valence-corrected chi connectivity index (χ1v) is 7.63. The van der Waals surface area contributed by atoms with Crippen LogP contribution in [0, 0.1) is 0 Å². The summed E-state index contributed by atoms with van der Waals surface area (Å²) >= 11 is 1.09. The molecule has 1 N–H and O–H groups in total. The van der Waals surface area contributed by atoms with Gasteiger partial charge < -0.3 is 19.7 Å². The van der Waals surface area contributed by atoms with E-state index in [-0.39, 0.29) is 10.9 Å². The Balaban J connectivity index is 2.06. The molecule has 1 aromatic heterocycles. The number of nitrogens with one attached hydrogen (secondary N) is 1. The first kappa shape index (κ1) is 16.2. The van der Waals surface area contributed by atoms with Crippen LogP contribution in [-0.4, -0.2) is 23.0 Å². The standard InChI is InChI=1S/C14H17N3O4S/c1-4-20-11-8-6-5-7-10(11)15-12(18)9(2)22-13-14(19)21-16-17(13)3/h5-9H,4H2,1-3H3,(H-,15,16,18,19). The van der Waals surface area contributed by atoms with Crippen molar-refractivity contribution in [3.63, 3.8) is 0 Å². The molecule has 0 radical (unpaired) electrons. The summed E-state index contributed by atoms with van der Waals surface area (Å²) in [5.41, 5.74) is 0.596. The minimum absolute atomic E-state index is 0.238. The lowest BCUT2D eigenvalue weighted by Gasteiger charge is -2.13. The Labute approximate surface area is 132 Å². The van der Waals surface area contributed by atoms with Crippen LogP contribution in [0.25, 0.3) is 0 Å². The van der Waals surface area contributed by atoms with Crippen LogP contribution in [0.5, 0.6) is 11.7 Å². The number of carbonyl (C=O) groups excluding carboxylic acids is 1. The summed E-state index contributed by atoms with van der Waals surface area (Å²) in [6, 6.07) is 7.19. The second kappa shape index (κ2) is 7.17. The molecule has 0 bridgehead atoms. The average molecular weight is 323 g/mol. The van der Waals surface area contributed by atoms with Crippen molar-refractivity contribution in [1.82, 2.24) is 5.27 Å². The van der Waals surface area contributed by atoms with E-state index in [0.717, 1.165) is 11.8 Å².